The van der Waals surface area contributed by atoms with Crippen LogP contribution in [0.15, 0.2) is 29.3 Å². The summed E-state index contributed by atoms with van der Waals surface area (Å²) in [5, 5.41) is 3.33. The van der Waals surface area contributed by atoms with Gasteiger partial charge in [0.05, 0.1) is 0 Å². The van der Waals surface area contributed by atoms with E-state index in [1.165, 1.54) is 6.07 Å². The molecule has 142 valence electrons. The average molecular weight is 463 g/mol. The molecule has 1 aromatic rings. The van der Waals surface area contributed by atoms with Crippen molar-refractivity contribution in [2.24, 2.45) is 10.9 Å². The van der Waals surface area contributed by atoms with Crippen molar-refractivity contribution in [3.05, 3.63) is 35.6 Å². The summed E-state index contributed by atoms with van der Waals surface area (Å²) < 4.78 is 19.1. The summed E-state index contributed by atoms with van der Waals surface area (Å²) in [4.78, 5) is 6.83. The van der Waals surface area contributed by atoms with Crippen molar-refractivity contribution in [3.63, 3.8) is 0 Å². The molecule has 0 bridgehead atoms. The van der Waals surface area contributed by atoms with Crippen molar-refractivity contribution < 1.29 is 9.13 Å². The Balaban J connectivity index is 0.00000312. The molecule has 0 aliphatic carbocycles. The molecule has 1 heterocycles. The third kappa shape index (κ3) is 7.90. The van der Waals surface area contributed by atoms with E-state index in [0.29, 0.717) is 13.0 Å². The second-order valence-corrected chi connectivity index (χ2v) is 6.34. The lowest BCUT2D eigenvalue weighted by atomic mass is 9.96. The molecule has 1 saturated heterocycles. The maximum atomic E-state index is 13.7. The SMILES string of the molecule is CCNC(=NCCc1ccccc1F)N(C)CCC1CCOCC1.I. The lowest BCUT2D eigenvalue weighted by molar-refractivity contribution is 0.0625. The van der Waals surface area contributed by atoms with E-state index in [4.69, 9.17) is 4.74 Å². The minimum atomic E-state index is -0.148. The van der Waals surface area contributed by atoms with Crippen molar-refractivity contribution in [1.82, 2.24) is 10.2 Å². The molecular formula is C19H31FIN3O. The van der Waals surface area contributed by atoms with Gasteiger partial charge in [0.1, 0.15) is 5.82 Å². The fourth-order valence-corrected chi connectivity index (χ4v) is 2.97. The third-order valence-electron chi connectivity index (χ3n) is 4.51. The van der Waals surface area contributed by atoms with Gasteiger partial charge < -0.3 is 15.0 Å². The Morgan fingerprint density at radius 2 is 2.04 bits per heavy atom. The summed E-state index contributed by atoms with van der Waals surface area (Å²) in [5.41, 5.74) is 0.724. The molecule has 0 unspecified atom stereocenters. The number of hydrogen-bond donors (Lipinski definition) is 1. The van der Waals surface area contributed by atoms with Gasteiger partial charge in [-0.15, -0.1) is 24.0 Å². The number of aliphatic imine (C=N–C) groups is 1. The number of halogens is 2. The molecule has 0 aromatic heterocycles. The second-order valence-electron chi connectivity index (χ2n) is 6.34. The molecule has 4 nitrogen and oxygen atoms in total. The summed E-state index contributed by atoms with van der Waals surface area (Å²) >= 11 is 0. The molecule has 25 heavy (non-hydrogen) atoms. The highest BCUT2D eigenvalue weighted by Gasteiger charge is 2.15. The molecule has 0 atom stereocenters. The molecule has 1 aliphatic rings. The Morgan fingerprint density at radius 3 is 2.72 bits per heavy atom. The van der Waals surface area contributed by atoms with Gasteiger partial charge in [-0.1, -0.05) is 18.2 Å². The summed E-state index contributed by atoms with van der Waals surface area (Å²) in [5.74, 6) is 1.51. The van der Waals surface area contributed by atoms with Crippen molar-refractivity contribution in [2.75, 3.05) is 39.9 Å². The zero-order valence-corrected chi connectivity index (χ0v) is 17.7. The molecule has 1 aliphatic heterocycles. The first-order valence-corrected chi connectivity index (χ1v) is 9.01. The Morgan fingerprint density at radius 1 is 1.32 bits per heavy atom. The van der Waals surface area contributed by atoms with Gasteiger partial charge in [-0.05, 0) is 50.2 Å². The molecule has 2 rings (SSSR count). The summed E-state index contributed by atoms with van der Waals surface area (Å²) in [7, 11) is 2.07. The van der Waals surface area contributed by atoms with Crippen molar-refractivity contribution >= 4 is 29.9 Å². The number of nitrogens with zero attached hydrogens (tertiary/aromatic N) is 2. The van der Waals surface area contributed by atoms with Crippen molar-refractivity contribution in [2.45, 2.75) is 32.6 Å². The third-order valence-corrected chi connectivity index (χ3v) is 4.51. The molecule has 6 heteroatoms. The zero-order chi connectivity index (χ0) is 17.2. The largest absolute Gasteiger partial charge is 0.381 e. The van der Waals surface area contributed by atoms with Crippen molar-refractivity contribution in [3.8, 4) is 0 Å². The zero-order valence-electron chi connectivity index (χ0n) is 15.3. The highest BCUT2D eigenvalue weighted by Crippen LogP contribution is 2.18. The second kappa shape index (κ2) is 12.5. The van der Waals surface area contributed by atoms with Crippen LogP contribution in [0.5, 0.6) is 0 Å². The van der Waals surface area contributed by atoms with Crippen LogP contribution >= 0.6 is 24.0 Å². The molecule has 1 aromatic carbocycles. The lowest BCUT2D eigenvalue weighted by Crippen LogP contribution is -2.40. The summed E-state index contributed by atoms with van der Waals surface area (Å²) in [6, 6.07) is 6.92. The van der Waals surface area contributed by atoms with Crippen LogP contribution in [0.25, 0.3) is 0 Å². The van der Waals surface area contributed by atoms with Crippen LogP contribution in [-0.4, -0.2) is 50.8 Å². The summed E-state index contributed by atoms with van der Waals surface area (Å²) in [6.45, 7) is 6.26. The minimum Gasteiger partial charge on any atom is -0.381 e. The first-order chi connectivity index (χ1) is 11.7. The summed E-state index contributed by atoms with van der Waals surface area (Å²) in [6.07, 6.45) is 4.11. The molecule has 1 N–H and O–H groups in total. The number of nitrogens with one attached hydrogen (secondary N) is 1. The number of hydrogen-bond acceptors (Lipinski definition) is 2. The minimum absolute atomic E-state index is 0. The first kappa shape index (κ1) is 22.2. The van der Waals surface area contributed by atoms with Gasteiger partial charge in [0.25, 0.3) is 0 Å². The number of ether oxygens (including phenoxy) is 1. The number of guanidine groups is 1. The lowest BCUT2D eigenvalue weighted by Gasteiger charge is -2.26. The van der Waals surface area contributed by atoms with Crippen LogP contribution in [0.3, 0.4) is 0 Å². The quantitative estimate of drug-likeness (QED) is 0.381. The maximum Gasteiger partial charge on any atom is 0.193 e. The van der Waals surface area contributed by atoms with E-state index in [1.54, 1.807) is 6.07 Å². The van der Waals surface area contributed by atoms with Gasteiger partial charge in [0.15, 0.2) is 5.96 Å². The van der Waals surface area contributed by atoms with E-state index in [1.807, 2.05) is 12.1 Å². The van der Waals surface area contributed by atoms with Crippen LogP contribution in [-0.2, 0) is 11.2 Å². The fourth-order valence-electron chi connectivity index (χ4n) is 2.97. The van der Waals surface area contributed by atoms with Gasteiger partial charge >= 0.3 is 0 Å². The van der Waals surface area contributed by atoms with Gasteiger partial charge in [0.2, 0.25) is 0 Å². The Labute approximate surface area is 168 Å². The monoisotopic (exact) mass is 463 g/mol. The van der Waals surface area contributed by atoms with Crippen LogP contribution in [0.2, 0.25) is 0 Å². The van der Waals surface area contributed by atoms with Crippen LogP contribution < -0.4 is 5.32 Å². The van der Waals surface area contributed by atoms with E-state index in [2.05, 4.69) is 29.2 Å². The molecule has 1 fully saturated rings. The Hall–Kier alpha value is -0.890. The molecular weight excluding hydrogens is 432 g/mol. The van der Waals surface area contributed by atoms with Crippen LogP contribution in [0, 0.1) is 11.7 Å². The van der Waals surface area contributed by atoms with E-state index in [-0.39, 0.29) is 29.8 Å². The molecule has 0 amide bonds. The van der Waals surface area contributed by atoms with Crippen LogP contribution in [0.1, 0.15) is 31.7 Å². The van der Waals surface area contributed by atoms with E-state index in [0.717, 1.165) is 63.0 Å². The molecule has 0 spiro atoms. The fraction of sp³-hybridized carbons (Fsp3) is 0.632. The first-order valence-electron chi connectivity index (χ1n) is 9.01. The highest BCUT2D eigenvalue weighted by atomic mass is 127. The predicted octanol–water partition coefficient (Wildman–Crippen LogP) is 3.70. The standard InChI is InChI=1S/C19H30FN3O.HI/c1-3-21-19(22-12-8-17-6-4-5-7-18(17)20)23(2)13-9-16-10-14-24-15-11-16;/h4-7,16H,3,8-15H2,1-2H3,(H,21,22);1H. The molecule has 0 saturated carbocycles. The predicted molar refractivity (Wildman–Crippen MR) is 112 cm³/mol. The molecule has 0 radical (unpaired) electrons. The maximum absolute atomic E-state index is 13.7. The van der Waals surface area contributed by atoms with Crippen molar-refractivity contribution in [1.29, 1.82) is 0 Å². The smallest absolute Gasteiger partial charge is 0.193 e. The number of benzene rings is 1. The van der Waals surface area contributed by atoms with Gasteiger partial charge in [-0.2, -0.15) is 0 Å². The van der Waals surface area contributed by atoms with E-state index >= 15 is 0 Å². The van der Waals surface area contributed by atoms with Gasteiger partial charge in [-0.25, -0.2) is 4.39 Å². The van der Waals surface area contributed by atoms with Gasteiger partial charge in [0, 0.05) is 39.9 Å². The van der Waals surface area contributed by atoms with E-state index < -0.39 is 0 Å². The van der Waals surface area contributed by atoms with Gasteiger partial charge in [-0.3, -0.25) is 4.99 Å². The Kier molecular flexibility index (Phi) is 11.0. The average Bonchev–Trinajstić information content (AvgIpc) is 2.61. The Bertz CT molecular complexity index is 521. The highest BCUT2D eigenvalue weighted by molar-refractivity contribution is 14.0. The normalized spacial score (nSPS) is 15.6. The number of rotatable bonds is 7. The van der Waals surface area contributed by atoms with E-state index in [9.17, 15) is 4.39 Å². The topological polar surface area (TPSA) is 36.9 Å². The van der Waals surface area contributed by atoms with Crippen LogP contribution in [0.4, 0.5) is 4.39 Å².